The summed E-state index contributed by atoms with van der Waals surface area (Å²) in [5, 5.41) is 0.175. The first-order valence-electron chi connectivity index (χ1n) is 11.9. The highest BCUT2D eigenvalue weighted by atomic mass is 35.5. The molecule has 0 N–H and O–H groups in total. The third-order valence-corrected chi connectivity index (χ3v) is 7.64. The van der Waals surface area contributed by atoms with Gasteiger partial charge < -0.3 is 8.98 Å². The molecule has 3 heterocycles. The Labute approximate surface area is 233 Å². The van der Waals surface area contributed by atoms with Gasteiger partial charge in [0, 0.05) is 30.6 Å². The van der Waals surface area contributed by atoms with Crippen LogP contribution < -0.4 is 0 Å². The molecule has 12 heteroatoms. The van der Waals surface area contributed by atoms with E-state index in [0.29, 0.717) is 45.2 Å². The van der Waals surface area contributed by atoms with Crippen molar-refractivity contribution in [3.63, 3.8) is 0 Å². The predicted molar refractivity (Wildman–Crippen MR) is 145 cm³/mol. The number of benzene rings is 2. The maximum absolute atomic E-state index is 13.5. The molecule has 7 nitrogen and oxygen atoms in total. The Morgan fingerprint density at radius 1 is 0.900 bits per heavy atom. The van der Waals surface area contributed by atoms with Crippen molar-refractivity contribution in [3.8, 4) is 39.4 Å². The lowest BCUT2D eigenvalue weighted by molar-refractivity contribution is -0.141. The number of oxazole rings is 1. The minimum atomic E-state index is -4.64. The summed E-state index contributed by atoms with van der Waals surface area (Å²) in [7, 11) is -3.48. The van der Waals surface area contributed by atoms with Crippen LogP contribution in [0.1, 0.15) is 23.1 Å². The van der Waals surface area contributed by atoms with Gasteiger partial charge in [-0.25, -0.2) is 23.4 Å². The van der Waals surface area contributed by atoms with Crippen molar-refractivity contribution in [1.82, 2.24) is 19.5 Å². The Morgan fingerprint density at radius 2 is 1.62 bits per heavy atom. The molecule has 0 atom stereocenters. The van der Waals surface area contributed by atoms with Gasteiger partial charge in [0.15, 0.2) is 27.2 Å². The average molecular weight is 587 g/mol. The zero-order valence-electron chi connectivity index (χ0n) is 21.7. The molecule has 0 fully saturated rings. The van der Waals surface area contributed by atoms with Gasteiger partial charge in [0.05, 0.1) is 16.1 Å². The number of imidazole rings is 1. The van der Waals surface area contributed by atoms with E-state index in [9.17, 15) is 21.6 Å². The van der Waals surface area contributed by atoms with Crippen molar-refractivity contribution in [3.05, 3.63) is 89.1 Å². The van der Waals surface area contributed by atoms with Crippen LogP contribution in [0, 0.1) is 20.8 Å². The van der Waals surface area contributed by atoms with Crippen LogP contribution in [0.25, 0.3) is 39.4 Å². The van der Waals surface area contributed by atoms with Crippen LogP contribution in [-0.4, -0.2) is 34.2 Å². The zero-order chi connectivity index (χ0) is 29.0. The third kappa shape index (κ3) is 5.26. The maximum atomic E-state index is 13.5. The Balaban J connectivity index is 1.79. The summed E-state index contributed by atoms with van der Waals surface area (Å²) in [5.41, 5.74) is 2.40. The number of alkyl halides is 3. The van der Waals surface area contributed by atoms with Gasteiger partial charge in [0.2, 0.25) is 0 Å². The van der Waals surface area contributed by atoms with Crippen molar-refractivity contribution in [2.45, 2.75) is 31.8 Å². The van der Waals surface area contributed by atoms with Crippen LogP contribution in [0.4, 0.5) is 13.2 Å². The number of aromatic nitrogens is 4. The predicted octanol–water partition coefficient (Wildman–Crippen LogP) is 7.26. The molecule has 0 aliphatic heterocycles. The molecule has 0 saturated heterocycles. The molecule has 0 unspecified atom stereocenters. The topological polar surface area (TPSA) is 90.9 Å². The number of aryl methyl sites for hydroxylation is 3. The molecule has 5 aromatic rings. The minimum absolute atomic E-state index is 0.109. The number of sulfone groups is 1. The molecule has 3 aromatic heterocycles. The molecule has 206 valence electrons. The molecule has 0 spiro atoms. The molecular formula is C28H22ClF3N4O3S. The number of hydrogen-bond donors (Lipinski definition) is 0. The molecule has 5 rings (SSSR count). The van der Waals surface area contributed by atoms with E-state index in [-0.39, 0.29) is 21.6 Å². The Bertz CT molecular complexity index is 1880. The molecule has 0 bridgehead atoms. The van der Waals surface area contributed by atoms with E-state index < -0.39 is 21.7 Å². The van der Waals surface area contributed by atoms with Crippen LogP contribution in [0.3, 0.4) is 0 Å². The highest BCUT2D eigenvalue weighted by Crippen LogP contribution is 2.41. The first kappa shape index (κ1) is 27.6. The fourth-order valence-electron chi connectivity index (χ4n) is 4.36. The molecule has 0 aliphatic carbocycles. The van der Waals surface area contributed by atoms with E-state index in [4.69, 9.17) is 16.0 Å². The third-order valence-electron chi connectivity index (χ3n) is 6.25. The first-order chi connectivity index (χ1) is 18.7. The molecule has 0 saturated carbocycles. The van der Waals surface area contributed by atoms with Crippen LogP contribution in [0.5, 0.6) is 0 Å². The lowest BCUT2D eigenvalue weighted by Gasteiger charge is -2.14. The van der Waals surface area contributed by atoms with Gasteiger partial charge >= 0.3 is 6.18 Å². The van der Waals surface area contributed by atoms with Crippen molar-refractivity contribution in [1.29, 1.82) is 0 Å². The molecular weight excluding hydrogens is 565 g/mol. The van der Waals surface area contributed by atoms with Crippen LogP contribution in [-0.2, 0) is 16.0 Å². The molecule has 0 aliphatic rings. The van der Waals surface area contributed by atoms with Crippen molar-refractivity contribution >= 4 is 21.4 Å². The van der Waals surface area contributed by atoms with E-state index in [1.165, 1.54) is 23.6 Å². The van der Waals surface area contributed by atoms with Gasteiger partial charge in [0.25, 0.3) is 0 Å². The highest BCUT2D eigenvalue weighted by molar-refractivity contribution is 7.90. The summed E-state index contributed by atoms with van der Waals surface area (Å²) < 4.78 is 72.2. The van der Waals surface area contributed by atoms with Crippen LogP contribution in [0.15, 0.2) is 70.1 Å². The fraction of sp³-hybridized carbons (Fsp3) is 0.179. The van der Waals surface area contributed by atoms with E-state index in [2.05, 4.69) is 15.0 Å². The molecule has 2 aromatic carbocycles. The van der Waals surface area contributed by atoms with E-state index in [0.717, 1.165) is 12.5 Å². The van der Waals surface area contributed by atoms with Gasteiger partial charge in [-0.1, -0.05) is 29.8 Å². The van der Waals surface area contributed by atoms with Gasteiger partial charge in [0.1, 0.15) is 16.7 Å². The number of pyridine rings is 1. The minimum Gasteiger partial charge on any atom is -0.440 e. The smallest absolute Gasteiger partial charge is 0.434 e. The number of halogens is 4. The van der Waals surface area contributed by atoms with Gasteiger partial charge in [-0.2, -0.15) is 13.2 Å². The van der Waals surface area contributed by atoms with Crippen molar-refractivity contribution in [2.24, 2.45) is 0 Å². The second-order valence-corrected chi connectivity index (χ2v) is 11.6. The van der Waals surface area contributed by atoms with Gasteiger partial charge in [-0.05, 0) is 61.4 Å². The van der Waals surface area contributed by atoms with Gasteiger partial charge in [-0.15, -0.1) is 0 Å². The quantitative estimate of drug-likeness (QED) is 0.201. The van der Waals surface area contributed by atoms with Gasteiger partial charge in [-0.3, -0.25) is 0 Å². The lowest BCUT2D eigenvalue weighted by atomic mass is 9.98. The summed E-state index contributed by atoms with van der Waals surface area (Å²) >= 11 is 6.46. The summed E-state index contributed by atoms with van der Waals surface area (Å²) in [4.78, 5) is 12.7. The first-order valence-corrected chi connectivity index (χ1v) is 14.2. The normalized spacial score (nSPS) is 12.2. The van der Waals surface area contributed by atoms with Crippen molar-refractivity contribution in [2.75, 3.05) is 6.26 Å². The second-order valence-electron chi connectivity index (χ2n) is 9.27. The zero-order valence-corrected chi connectivity index (χ0v) is 23.3. The average Bonchev–Trinajstić information content (AvgIpc) is 3.46. The summed E-state index contributed by atoms with van der Waals surface area (Å²) in [5.74, 6) is 0.694. The summed E-state index contributed by atoms with van der Waals surface area (Å²) in [6, 6.07) is 14.9. The fourth-order valence-corrected chi connectivity index (χ4v) is 5.31. The van der Waals surface area contributed by atoms with E-state index in [1.54, 1.807) is 56.3 Å². The summed E-state index contributed by atoms with van der Waals surface area (Å²) in [6.45, 7) is 4.90. The lowest BCUT2D eigenvalue weighted by Crippen LogP contribution is -2.05. The Morgan fingerprint density at radius 3 is 2.27 bits per heavy atom. The second kappa shape index (κ2) is 9.90. The Kier molecular flexibility index (Phi) is 6.83. The number of nitrogens with zero attached hydrogens (tertiary/aromatic N) is 4. The standard InChI is InChI=1S/C28H22ClF3N4O3S/c1-15-8-10-21(27(29)33-15)26-25(35-17(3)39-26)22-13-19(18-6-5-7-20(12-18)40(4,37)38)9-11-23(22)36-14-24(28(30,31)32)34-16(36)2/h5-14H,1-4H3. The highest BCUT2D eigenvalue weighted by Gasteiger charge is 2.35. The monoisotopic (exact) mass is 586 g/mol. The van der Waals surface area contributed by atoms with Crippen molar-refractivity contribution < 1.29 is 26.0 Å². The molecule has 0 amide bonds. The van der Waals surface area contributed by atoms with E-state index >= 15 is 0 Å². The van der Waals surface area contributed by atoms with E-state index in [1.807, 2.05) is 0 Å². The number of rotatable bonds is 5. The summed E-state index contributed by atoms with van der Waals surface area (Å²) in [6.07, 6.45) is -2.60. The molecule has 0 radical (unpaired) electrons. The maximum Gasteiger partial charge on any atom is 0.434 e. The molecule has 40 heavy (non-hydrogen) atoms. The van der Waals surface area contributed by atoms with Crippen LogP contribution >= 0.6 is 11.6 Å². The van der Waals surface area contributed by atoms with Crippen LogP contribution in [0.2, 0.25) is 5.15 Å². The largest absolute Gasteiger partial charge is 0.440 e. The SMILES string of the molecule is Cc1ccc(-c2oc(C)nc2-c2cc(-c3cccc(S(C)(=O)=O)c3)ccc2-n2cc(C(F)(F)F)nc2C)c(Cl)n1. The number of hydrogen-bond acceptors (Lipinski definition) is 6. The Hall–Kier alpha value is -3.96.